The Kier molecular flexibility index (Phi) is 7.88. The fourth-order valence-corrected chi connectivity index (χ4v) is 2.39. The first-order valence-electron chi connectivity index (χ1n) is 6.75. The molecule has 0 heterocycles. The Morgan fingerprint density at radius 1 is 1.52 bits per heavy atom. The van der Waals surface area contributed by atoms with Crippen LogP contribution in [0.15, 0.2) is 18.2 Å². The first kappa shape index (κ1) is 17.5. The Balaban J connectivity index is 2.75. The predicted molar refractivity (Wildman–Crippen MR) is 84.9 cm³/mol. The molecule has 0 aliphatic heterocycles. The summed E-state index contributed by atoms with van der Waals surface area (Å²) in [6, 6.07) is 4.20. The number of nitrogens with one attached hydrogen (secondary N) is 1. The minimum atomic E-state index is -0.558. The molecule has 0 saturated carbocycles. The fraction of sp³-hybridized carbons (Fsp3) is 0.438. The maximum Gasteiger partial charge on any atom is 0.254 e. The van der Waals surface area contributed by atoms with Crippen molar-refractivity contribution in [1.82, 2.24) is 5.32 Å². The summed E-state index contributed by atoms with van der Waals surface area (Å²) in [6.07, 6.45) is 2.36. The number of aliphatic hydroxyl groups excluding tert-OH is 1. The molecule has 0 saturated heterocycles. The molecule has 0 bridgehead atoms. The summed E-state index contributed by atoms with van der Waals surface area (Å²) < 4.78 is 13.7. The van der Waals surface area contributed by atoms with Crippen molar-refractivity contribution in [3.05, 3.63) is 35.1 Å². The average Bonchev–Trinajstić information content (AvgIpc) is 2.47. The van der Waals surface area contributed by atoms with Crippen LogP contribution in [-0.2, 0) is 0 Å². The minimum absolute atomic E-state index is 0.00199. The lowest BCUT2D eigenvalue weighted by Gasteiger charge is -2.11. The second kappa shape index (κ2) is 9.43. The number of amides is 1. The highest BCUT2D eigenvalue weighted by Crippen LogP contribution is 2.11. The van der Waals surface area contributed by atoms with Crippen molar-refractivity contribution in [1.29, 1.82) is 0 Å². The first-order valence-corrected chi connectivity index (χ1v) is 8.14. The number of benzene rings is 1. The number of rotatable bonds is 6. The van der Waals surface area contributed by atoms with Crippen molar-refractivity contribution in [2.24, 2.45) is 5.92 Å². The van der Waals surface area contributed by atoms with Crippen LogP contribution in [0.4, 0.5) is 4.39 Å². The second-order valence-electron chi connectivity index (χ2n) is 4.74. The lowest BCUT2D eigenvalue weighted by molar-refractivity contribution is 0.0945. The summed E-state index contributed by atoms with van der Waals surface area (Å²) in [6.45, 7) is 2.53. The van der Waals surface area contributed by atoms with Gasteiger partial charge < -0.3 is 10.4 Å². The number of aliphatic hydroxyl groups is 1. The summed E-state index contributed by atoms with van der Waals surface area (Å²) >= 11 is 1.71. The quantitative estimate of drug-likeness (QED) is 0.793. The number of thioether (sulfide) groups is 1. The lowest BCUT2D eigenvalue weighted by Crippen LogP contribution is -2.29. The van der Waals surface area contributed by atoms with Crippen molar-refractivity contribution >= 4 is 17.7 Å². The predicted octanol–water partition coefficient (Wildman–Crippen LogP) is 2.29. The molecule has 1 atom stereocenters. The van der Waals surface area contributed by atoms with E-state index in [2.05, 4.69) is 17.2 Å². The van der Waals surface area contributed by atoms with Gasteiger partial charge in [-0.05, 0) is 36.1 Å². The van der Waals surface area contributed by atoms with Crippen molar-refractivity contribution in [2.75, 3.05) is 25.2 Å². The molecular formula is C16H20FNO2S. The van der Waals surface area contributed by atoms with Gasteiger partial charge in [0.2, 0.25) is 0 Å². The molecule has 1 rings (SSSR count). The summed E-state index contributed by atoms with van der Waals surface area (Å²) in [5.74, 6) is 5.83. The molecule has 3 nitrogen and oxygen atoms in total. The van der Waals surface area contributed by atoms with Crippen LogP contribution in [0.2, 0.25) is 0 Å². The molecule has 0 fully saturated rings. The SMILES string of the molecule is CSCC(C)CNC(=O)c1cc(C#CCCO)ccc1F. The zero-order valence-corrected chi connectivity index (χ0v) is 13.1. The highest BCUT2D eigenvalue weighted by Gasteiger charge is 2.13. The maximum atomic E-state index is 13.7. The van der Waals surface area contributed by atoms with Crippen LogP contribution in [0.25, 0.3) is 0 Å². The largest absolute Gasteiger partial charge is 0.395 e. The van der Waals surface area contributed by atoms with Gasteiger partial charge in [0.1, 0.15) is 5.82 Å². The van der Waals surface area contributed by atoms with Crippen molar-refractivity contribution < 1.29 is 14.3 Å². The molecule has 2 N–H and O–H groups in total. The van der Waals surface area contributed by atoms with Gasteiger partial charge in [0, 0.05) is 18.5 Å². The molecule has 1 unspecified atom stereocenters. The van der Waals surface area contributed by atoms with E-state index in [4.69, 9.17) is 5.11 Å². The molecule has 1 amide bonds. The van der Waals surface area contributed by atoms with Gasteiger partial charge >= 0.3 is 0 Å². The van der Waals surface area contributed by atoms with E-state index in [1.165, 1.54) is 18.2 Å². The van der Waals surface area contributed by atoms with E-state index in [0.717, 1.165) is 5.75 Å². The molecule has 0 aliphatic carbocycles. The number of hydrogen-bond acceptors (Lipinski definition) is 3. The highest BCUT2D eigenvalue weighted by molar-refractivity contribution is 7.98. The molecule has 0 aromatic heterocycles. The third-order valence-corrected chi connectivity index (χ3v) is 3.65. The van der Waals surface area contributed by atoms with Gasteiger partial charge in [0.25, 0.3) is 5.91 Å². The Morgan fingerprint density at radius 2 is 2.29 bits per heavy atom. The summed E-state index contributed by atoms with van der Waals surface area (Å²) in [7, 11) is 0. The smallest absolute Gasteiger partial charge is 0.254 e. The third kappa shape index (κ3) is 6.19. The average molecular weight is 309 g/mol. The Bertz CT molecular complexity index is 537. The molecule has 21 heavy (non-hydrogen) atoms. The number of hydrogen-bond donors (Lipinski definition) is 2. The normalized spacial score (nSPS) is 11.4. The van der Waals surface area contributed by atoms with E-state index in [-0.39, 0.29) is 12.2 Å². The highest BCUT2D eigenvalue weighted by atomic mass is 32.2. The molecule has 0 aliphatic rings. The topological polar surface area (TPSA) is 49.3 Å². The summed E-state index contributed by atoms with van der Waals surface area (Å²) in [5.41, 5.74) is 0.564. The van der Waals surface area contributed by atoms with Crippen LogP contribution in [0.1, 0.15) is 29.3 Å². The lowest BCUT2D eigenvalue weighted by atomic mass is 10.1. The fourth-order valence-electron chi connectivity index (χ4n) is 1.70. The second-order valence-corrected chi connectivity index (χ2v) is 5.65. The summed E-state index contributed by atoms with van der Waals surface area (Å²) in [4.78, 5) is 12.0. The van der Waals surface area contributed by atoms with Crippen LogP contribution in [0.5, 0.6) is 0 Å². The van der Waals surface area contributed by atoms with Crippen molar-refractivity contribution in [3.63, 3.8) is 0 Å². The van der Waals surface area contributed by atoms with Gasteiger partial charge in [0.05, 0.1) is 12.2 Å². The van der Waals surface area contributed by atoms with Crippen molar-refractivity contribution in [3.8, 4) is 11.8 Å². The van der Waals surface area contributed by atoms with Gasteiger partial charge in [-0.2, -0.15) is 11.8 Å². The van der Waals surface area contributed by atoms with E-state index in [1.807, 2.05) is 13.2 Å². The Hall–Kier alpha value is -1.51. The Morgan fingerprint density at radius 3 is 2.95 bits per heavy atom. The minimum Gasteiger partial charge on any atom is -0.395 e. The number of halogens is 1. The first-order chi connectivity index (χ1) is 10.1. The van der Waals surface area contributed by atoms with Crippen LogP contribution < -0.4 is 5.32 Å². The van der Waals surface area contributed by atoms with Crippen LogP contribution in [0.3, 0.4) is 0 Å². The molecule has 5 heteroatoms. The Labute approximate surface area is 129 Å². The van der Waals surface area contributed by atoms with E-state index >= 15 is 0 Å². The molecular weight excluding hydrogens is 289 g/mol. The monoisotopic (exact) mass is 309 g/mol. The van der Waals surface area contributed by atoms with Gasteiger partial charge in [-0.1, -0.05) is 18.8 Å². The van der Waals surface area contributed by atoms with E-state index in [1.54, 1.807) is 11.8 Å². The molecule has 0 spiro atoms. The number of carbonyl (C=O) groups excluding carboxylic acids is 1. The van der Waals surface area contributed by atoms with E-state index in [9.17, 15) is 9.18 Å². The summed E-state index contributed by atoms with van der Waals surface area (Å²) in [5, 5.41) is 11.4. The van der Waals surface area contributed by atoms with Crippen LogP contribution >= 0.6 is 11.8 Å². The molecule has 114 valence electrons. The third-order valence-electron chi connectivity index (χ3n) is 2.74. The maximum absolute atomic E-state index is 13.7. The van der Waals surface area contributed by atoms with Gasteiger partial charge in [-0.25, -0.2) is 4.39 Å². The number of carbonyl (C=O) groups is 1. The van der Waals surface area contributed by atoms with Crippen molar-refractivity contribution in [2.45, 2.75) is 13.3 Å². The van der Waals surface area contributed by atoms with Gasteiger partial charge in [-0.15, -0.1) is 0 Å². The van der Waals surface area contributed by atoms with Gasteiger partial charge in [-0.3, -0.25) is 4.79 Å². The van der Waals surface area contributed by atoms with Crippen LogP contribution in [-0.4, -0.2) is 36.2 Å². The van der Waals surface area contributed by atoms with E-state index < -0.39 is 11.7 Å². The molecule has 1 aromatic rings. The molecule has 1 aromatic carbocycles. The van der Waals surface area contributed by atoms with Gasteiger partial charge in [0.15, 0.2) is 0 Å². The zero-order chi connectivity index (χ0) is 15.7. The zero-order valence-electron chi connectivity index (χ0n) is 12.3. The van der Waals surface area contributed by atoms with E-state index in [0.29, 0.717) is 24.4 Å². The standard InChI is InChI=1S/C16H20FNO2S/c1-12(11-21-2)10-18-16(20)14-9-13(5-3-4-8-19)6-7-15(14)17/h6-7,9,12,19H,4,8,10-11H2,1-2H3,(H,18,20). The molecule has 0 radical (unpaired) electrons. The van der Waals surface area contributed by atoms with Crippen LogP contribution in [0, 0.1) is 23.6 Å².